The van der Waals surface area contributed by atoms with Gasteiger partial charge in [-0.3, -0.25) is 14.4 Å². The summed E-state index contributed by atoms with van der Waals surface area (Å²) in [5.74, 6) is -0.712. The number of ether oxygens (including phenoxy) is 1. The van der Waals surface area contributed by atoms with Crippen LogP contribution in [0.4, 0.5) is 0 Å². The minimum Gasteiger partial charge on any atom is -0.478 e. The third-order valence-corrected chi connectivity index (χ3v) is 9.95. The highest BCUT2D eigenvalue weighted by atomic mass is 16.5. The lowest BCUT2D eigenvalue weighted by Crippen LogP contribution is -2.36. The number of benzene rings is 5. The second kappa shape index (κ2) is 11.5. The summed E-state index contributed by atoms with van der Waals surface area (Å²) in [6.07, 6.45) is 11.1. The predicted octanol–water partition coefficient (Wildman–Crippen LogP) is 8.19. The Morgan fingerprint density at radius 2 is 1.23 bits per heavy atom. The Morgan fingerprint density at radius 1 is 0.682 bits per heavy atom. The standard InChI is InChI=1S/C37H35NO6/c39-20-44-31-18-17-26-23-11-14-27(30(40)19-21-7-3-1-4-8-21)34-29(37(42)43)16-13-24(32(23)34)25-12-15-28(35(31)33(25)26)36(41)38-22-9-5-2-6-10-22/h11-18,20-22H,1-10,19H2,(H,38,41)(H,42,43). The fraction of sp³-hybridized carbons (Fsp3) is 0.351. The van der Waals surface area contributed by atoms with Crippen molar-refractivity contribution in [2.75, 3.05) is 0 Å². The molecule has 5 aromatic rings. The van der Waals surface area contributed by atoms with Crippen LogP contribution < -0.4 is 10.1 Å². The van der Waals surface area contributed by atoms with Gasteiger partial charge in [-0.25, -0.2) is 4.79 Å². The van der Waals surface area contributed by atoms with Crippen LogP contribution in [0.25, 0.3) is 43.1 Å². The van der Waals surface area contributed by atoms with E-state index < -0.39 is 5.97 Å². The molecule has 2 aliphatic carbocycles. The van der Waals surface area contributed by atoms with Gasteiger partial charge in [0.25, 0.3) is 12.4 Å². The third-order valence-electron chi connectivity index (χ3n) is 9.95. The van der Waals surface area contributed by atoms with E-state index in [-0.39, 0.29) is 29.0 Å². The van der Waals surface area contributed by atoms with Crippen LogP contribution in [0.3, 0.4) is 0 Å². The van der Waals surface area contributed by atoms with Crippen molar-refractivity contribution in [3.8, 4) is 5.75 Å². The molecule has 0 aromatic heterocycles. The highest BCUT2D eigenvalue weighted by Gasteiger charge is 2.27. The molecule has 0 bridgehead atoms. The molecular weight excluding hydrogens is 554 g/mol. The molecule has 0 atom stereocenters. The maximum Gasteiger partial charge on any atom is 0.336 e. The SMILES string of the molecule is O=COc1ccc2c3ccc(C(=O)CC4CCCCC4)c4c(C(=O)O)ccc(c5ccc(C(=O)NC6CCCCC6)c1c52)c43. The van der Waals surface area contributed by atoms with Gasteiger partial charge in [0.1, 0.15) is 5.75 Å². The number of hydrogen-bond donors (Lipinski definition) is 2. The molecular formula is C37H35NO6. The summed E-state index contributed by atoms with van der Waals surface area (Å²) in [5.41, 5.74) is 0.966. The van der Waals surface area contributed by atoms with Crippen molar-refractivity contribution in [2.24, 2.45) is 5.92 Å². The molecule has 44 heavy (non-hydrogen) atoms. The second-order valence-electron chi connectivity index (χ2n) is 12.6. The predicted molar refractivity (Wildman–Crippen MR) is 171 cm³/mol. The summed E-state index contributed by atoms with van der Waals surface area (Å²) in [6, 6.07) is 14.3. The van der Waals surface area contributed by atoms with Crippen LogP contribution in [0.2, 0.25) is 0 Å². The highest BCUT2D eigenvalue weighted by Crippen LogP contribution is 2.46. The largest absolute Gasteiger partial charge is 0.478 e. The quantitative estimate of drug-likeness (QED) is 0.0817. The van der Waals surface area contributed by atoms with Crippen molar-refractivity contribution >= 4 is 67.2 Å². The van der Waals surface area contributed by atoms with Crippen LogP contribution in [0, 0.1) is 5.92 Å². The first-order valence-electron chi connectivity index (χ1n) is 15.8. The molecule has 0 saturated heterocycles. The van der Waals surface area contributed by atoms with Gasteiger partial charge < -0.3 is 15.2 Å². The maximum absolute atomic E-state index is 13.8. The Hall–Kier alpha value is -4.52. The maximum atomic E-state index is 13.8. The Kier molecular flexibility index (Phi) is 7.40. The van der Waals surface area contributed by atoms with E-state index in [1.807, 2.05) is 18.2 Å². The van der Waals surface area contributed by atoms with Crippen molar-refractivity contribution in [3.63, 3.8) is 0 Å². The molecule has 2 aliphatic rings. The molecule has 0 aliphatic heterocycles. The molecule has 2 saturated carbocycles. The molecule has 7 heteroatoms. The fourth-order valence-corrected chi connectivity index (χ4v) is 7.88. The average molecular weight is 590 g/mol. The molecule has 0 unspecified atom stereocenters. The minimum absolute atomic E-state index is 0.0245. The van der Waals surface area contributed by atoms with Crippen molar-refractivity contribution < 1.29 is 29.0 Å². The minimum atomic E-state index is -1.08. The number of hydrogen-bond acceptors (Lipinski definition) is 5. The van der Waals surface area contributed by atoms with Crippen LogP contribution in [0.15, 0.2) is 48.5 Å². The highest BCUT2D eigenvalue weighted by molar-refractivity contribution is 6.37. The summed E-state index contributed by atoms with van der Waals surface area (Å²) in [5, 5.41) is 19.1. The van der Waals surface area contributed by atoms with Crippen molar-refractivity contribution in [3.05, 3.63) is 65.2 Å². The third kappa shape index (κ3) is 4.75. The number of nitrogens with one attached hydrogen (secondary N) is 1. The molecule has 2 fully saturated rings. The van der Waals surface area contributed by atoms with E-state index in [1.54, 1.807) is 30.3 Å². The summed E-state index contributed by atoms with van der Waals surface area (Å²) in [7, 11) is 0. The van der Waals surface area contributed by atoms with Crippen molar-refractivity contribution in [1.29, 1.82) is 0 Å². The summed E-state index contributed by atoms with van der Waals surface area (Å²) < 4.78 is 5.43. The lowest BCUT2D eigenvalue weighted by atomic mass is 9.82. The van der Waals surface area contributed by atoms with E-state index in [0.29, 0.717) is 40.7 Å². The number of carbonyl (C=O) groups is 4. The van der Waals surface area contributed by atoms with Crippen LogP contribution >= 0.6 is 0 Å². The summed E-state index contributed by atoms with van der Waals surface area (Å²) >= 11 is 0. The zero-order valence-corrected chi connectivity index (χ0v) is 24.6. The number of carbonyl (C=O) groups excluding carboxylic acids is 3. The van der Waals surface area contributed by atoms with Crippen LogP contribution in [0.5, 0.6) is 5.75 Å². The smallest absolute Gasteiger partial charge is 0.336 e. The topological polar surface area (TPSA) is 110 Å². The first-order chi connectivity index (χ1) is 21.5. The Bertz CT molecular complexity index is 1930. The molecule has 5 aromatic carbocycles. The van der Waals surface area contributed by atoms with Gasteiger partial charge in [-0.2, -0.15) is 0 Å². The average Bonchev–Trinajstić information content (AvgIpc) is 3.04. The lowest BCUT2D eigenvalue weighted by Gasteiger charge is -2.24. The molecule has 0 heterocycles. The van der Waals surface area contributed by atoms with Gasteiger partial charge in [0.2, 0.25) is 0 Å². The number of ketones is 1. The monoisotopic (exact) mass is 589 g/mol. The fourth-order valence-electron chi connectivity index (χ4n) is 7.88. The number of carboxylic acid groups (broad SMARTS) is 1. The van der Waals surface area contributed by atoms with Gasteiger partial charge in [-0.1, -0.05) is 75.6 Å². The number of amides is 1. The Labute approximate surface area is 254 Å². The number of Topliss-reactive ketones (excluding diaryl/α,β-unsaturated/α-hetero) is 1. The van der Waals surface area contributed by atoms with Gasteiger partial charge in [0.15, 0.2) is 5.78 Å². The first kappa shape index (κ1) is 28.3. The van der Waals surface area contributed by atoms with E-state index in [4.69, 9.17) is 4.74 Å². The molecule has 2 N–H and O–H groups in total. The Balaban J connectivity index is 1.47. The van der Waals surface area contributed by atoms with E-state index in [9.17, 15) is 24.3 Å². The Morgan fingerprint density at radius 3 is 1.84 bits per heavy atom. The summed E-state index contributed by atoms with van der Waals surface area (Å²) in [6.45, 7) is 0.369. The zero-order valence-electron chi connectivity index (χ0n) is 24.6. The van der Waals surface area contributed by atoms with Gasteiger partial charge in [0, 0.05) is 34.2 Å². The molecule has 0 radical (unpaired) electrons. The van der Waals surface area contributed by atoms with E-state index in [1.165, 1.54) is 12.8 Å². The van der Waals surface area contributed by atoms with Crippen LogP contribution in [-0.4, -0.2) is 35.3 Å². The van der Waals surface area contributed by atoms with Gasteiger partial charge in [-0.15, -0.1) is 0 Å². The molecule has 0 spiro atoms. The second-order valence-corrected chi connectivity index (χ2v) is 12.6. The van der Waals surface area contributed by atoms with E-state index in [0.717, 1.165) is 83.7 Å². The molecule has 224 valence electrons. The van der Waals surface area contributed by atoms with Crippen molar-refractivity contribution in [1.82, 2.24) is 5.32 Å². The number of carboxylic acids is 1. The van der Waals surface area contributed by atoms with Gasteiger partial charge >= 0.3 is 5.97 Å². The van der Waals surface area contributed by atoms with Gasteiger partial charge in [-0.05, 0) is 70.0 Å². The number of fused-ring (bicyclic) bond motifs is 2. The molecule has 1 amide bonds. The summed E-state index contributed by atoms with van der Waals surface area (Å²) in [4.78, 5) is 51.6. The van der Waals surface area contributed by atoms with Crippen LogP contribution in [-0.2, 0) is 4.79 Å². The first-order valence-corrected chi connectivity index (χ1v) is 15.8. The molecule has 7 rings (SSSR count). The lowest BCUT2D eigenvalue weighted by molar-refractivity contribution is -0.120. The molecule has 7 nitrogen and oxygen atoms in total. The van der Waals surface area contributed by atoms with Crippen LogP contribution in [0.1, 0.15) is 102 Å². The van der Waals surface area contributed by atoms with E-state index >= 15 is 0 Å². The van der Waals surface area contributed by atoms with Gasteiger partial charge in [0.05, 0.1) is 11.1 Å². The van der Waals surface area contributed by atoms with E-state index in [2.05, 4.69) is 5.32 Å². The zero-order chi connectivity index (χ0) is 30.4. The van der Waals surface area contributed by atoms with Crippen molar-refractivity contribution in [2.45, 2.75) is 76.7 Å². The number of aromatic carboxylic acids is 1. The normalized spacial score (nSPS) is 16.5. The number of rotatable bonds is 8.